The molecule has 3 heterocycles. The maximum atomic E-state index is 11.0. The van der Waals surface area contributed by atoms with E-state index in [9.17, 15) is 4.79 Å². The van der Waals surface area contributed by atoms with E-state index in [2.05, 4.69) is 27.4 Å². The lowest BCUT2D eigenvalue weighted by Gasteiger charge is -2.26. The number of hydrogen-bond donors (Lipinski definition) is 1. The summed E-state index contributed by atoms with van der Waals surface area (Å²) in [4.78, 5) is 17.7. The molecule has 5 heteroatoms. The van der Waals surface area contributed by atoms with Gasteiger partial charge in [0.2, 0.25) is 0 Å². The van der Waals surface area contributed by atoms with Gasteiger partial charge < -0.3 is 5.11 Å². The molecule has 0 aromatic carbocycles. The fraction of sp³-hybridized carbons (Fsp3) is 0.250. The minimum absolute atomic E-state index is 0.406. The Balaban J connectivity index is 1.66. The first-order chi connectivity index (χ1) is 10.2. The third-order valence-electron chi connectivity index (χ3n) is 3.55. The molecule has 4 nitrogen and oxygen atoms in total. The lowest BCUT2D eigenvalue weighted by atomic mass is 10.0. The van der Waals surface area contributed by atoms with Gasteiger partial charge in [-0.2, -0.15) is 11.3 Å². The predicted molar refractivity (Wildman–Crippen MR) is 83.1 cm³/mol. The van der Waals surface area contributed by atoms with E-state index >= 15 is 0 Å². The molecule has 3 rings (SSSR count). The molecule has 1 N–H and O–H groups in total. The van der Waals surface area contributed by atoms with Gasteiger partial charge in [-0.3, -0.25) is 14.7 Å². The standard InChI is InChI=1S/C16H16N2O2S/c19-16(20)13-2-1-6-18(10-13)9-12-3-4-15(17-8-12)14-5-7-21-11-14/h1-5,7-8,11,13H,6,9-10H2,(H,19,20). The zero-order valence-electron chi connectivity index (χ0n) is 11.5. The van der Waals surface area contributed by atoms with E-state index in [0.717, 1.165) is 29.9 Å². The summed E-state index contributed by atoms with van der Waals surface area (Å²) < 4.78 is 0. The summed E-state index contributed by atoms with van der Waals surface area (Å²) in [6.45, 7) is 2.07. The number of aromatic nitrogens is 1. The van der Waals surface area contributed by atoms with Gasteiger partial charge in [0.15, 0.2) is 0 Å². The monoisotopic (exact) mass is 300 g/mol. The molecule has 0 fully saturated rings. The normalized spacial score (nSPS) is 18.8. The SMILES string of the molecule is O=C(O)C1C=CCN(Cc2ccc(-c3ccsc3)nc2)C1. The Kier molecular flexibility index (Phi) is 4.13. The van der Waals surface area contributed by atoms with Crippen LogP contribution in [0, 0.1) is 5.92 Å². The molecule has 0 aliphatic carbocycles. The molecular weight excluding hydrogens is 284 g/mol. The third-order valence-corrected chi connectivity index (χ3v) is 4.24. The highest BCUT2D eigenvalue weighted by molar-refractivity contribution is 7.08. The molecule has 1 unspecified atom stereocenters. The molecule has 2 aromatic rings. The van der Waals surface area contributed by atoms with E-state index < -0.39 is 11.9 Å². The number of carboxylic acid groups (broad SMARTS) is 1. The number of carbonyl (C=O) groups is 1. The molecule has 1 aliphatic rings. The number of pyridine rings is 1. The minimum Gasteiger partial charge on any atom is -0.481 e. The summed E-state index contributed by atoms with van der Waals surface area (Å²) in [5.74, 6) is -1.17. The van der Waals surface area contributed by atoms with Gasteiger partial charge in [0.05, 0.1) is 11.6 Å². The van der Waals surface area contributed by atoms with Crippen molar-refractivity contribution in [2.45, 2.75) is 6.54 Å². The molecule has 0 spiro atoms. The van der Waals surface area contributed by atoms with Gasteiger partial charge in [-0.15, -0.1) is 0 Å². The predicted octanol–water partition coefficient (Wildman–Crippen LogP) is 2.88. The van der Waals surface area contributed by atoms with Crippen molar-refractivity contribution in [3.8, 4) is 11.3 Å². The molecule has 1 aliphatic heterocycles. The molecule has 1 atom stereocenters. The molecule has 0 saturated heterocycles. The maximum absolute atomic E-state index is 11.0. The van der Waals surface area contributed by atoms with Crippen molar-refractivity contribution in [2.24, 2.45) is 5.92 Å². The van der Waals surface area contributed by atoms with Crippen molar-refractivity contribution in [3.63, 3.8) is 0 Å². The van der Waals surface area contributed by atoms with Crippen molar-refractivity contribution >= 4 is 17.3 Å². The molecule has 108 valence electrons. The molecular formula is C16H16N2O2S. The molecule has 0 saturated carbocycles. The first-order valence-corrected chi connectivity index (χ1v) is 7.76. The fourth-order valence-electron chi connectivity index (χ4n) is 2.43. The first-order valence-electron chi connectivity index (χ1n) is 6.82. The quantitative estimate of drug-likeness (QED) is 0.882. The van der Waals surface area contributed by atoms with Crippen LogP contribution < -0.4 is 0 Å². The highest BCUT2D eigenvalue weighted by Crippen LogP contribution is 2.20. The molecule has 0 bridgehead atoms. The Bertz CT molecular complexity index is 635. The van der Waals surface area contributed by atoms with Crippen molar-refractivity contribution in [2.75, 3.05) is 13.1 Å². The fourth-order valence-corrected chi connectivity index (χ4v) is 3.08. The highest BCUT2D eigenvalue weighted by atomic mass is 32.1. The van der Waals surface area contributed by atoms with Crippen molar-refractivity contribution in [1.29, 1.82) is 0 Å². The Morgan fingerprint density at radius 3 is 3.00 bits per heavy atom. The van der Waals surface area contributed by atoms with Crippen LogP contribution >= 0.6 is 11.3 Å². The smallest absolute Gasteiger partial charge is 0.311 e. The summed E-state index contributed by atoms with van der Waals surface area (Å²) in [5.41, 5.74) is 3.22. The topological polar surface area (TPSA) is 53.4 Å². The van der Waals surface area contributed by atoms with Crippen LogP contribution in [0.25, 0.3) is 11.3 Å². The Morgan fingerprint density at radius 1 is 1.43 bits per heavy atom. The molecule has 0 radical (unpaired) electrons. The summed E-state index contributed by atoms with van der Waals surface area (Å²) in [5, 5.41) is 13.2. The van der Waals surface area contributed by atoms with Crippen LogP contribution in [0.1, 0.15) is 5.56 Å². The van der Waals surface area contributed by atoms with Crippen LogP contribution in [0.5, 0.6) is 0 Å². The van der Waals surface area contributed by atoms with Crippen LogP contribution in [0.15, 0.2) is 47.3 Å². The van der Waals surface area contributed by atoms with Crippen LogP contribution in [0.4, 0.5) is 0 Å². The van der Waals surface area contributed by atoms with Crippen molar-refractivity contribution in [1.82, 2.24) is 9.88 Å². The van der Waals surface area contributed by atoms with Gasteiger partial charge in [-0.05, 0) is 23.1 Å². The minimum atomic E-state index is -0.762. The maximum Gasteiger partial charge on any atom is 0.311 e. The molecule has 0 amide bonds. The molecule has 2 aromatic heterocycles. The Morgan fingerprint density at radius 2 is 2.33 bits per heavy atom. The number of hydrogen-bond acceptors (Lipinski definition) is 4. The van der Waals surface area contributed by atoms with Gasteiger partial charge in [-0.1, -0.05) is 18.2 Å². The Hall–Kier alpha value is -1.98. The summed E-state index contributed by atoms with van der Waals surface area (Å²) in [6, 6.07) is 6.14. The zero-order chi connectivity index (χ0) is 14.7. The van der Waals surface area contributed by atoms with Crippen LogP contribution in [-0.2, 0) is 11.3 Å². The number of carboxylic acids is 1. The van der Waals surface area contributed by atoms with Gasteiger partial charge in [-0.25, -0.2) is 0 Å². The summed E-state index contributed by atoms with van der Waals surface area (Å²) in [6.07, 6.45) is 5.58. The van der Waals surface area contributed by atoms with Gasteiger partial charge in [0, 0.05) is 36.8 Å². The van der Waals surface area contributed by atoms with E-state index in [1.54, 1.807) is 17.4 Å². The highest BCUT2D eigenvalue weighted by Gasteiger charge is 2.21. The Labute approximate surface area is 127 Å². The van der Waals surface area contributed by atoms with Crippen molar-refractivity contribution < 1.29 is 9.90 Å². The summed E-state index contributed by atoms with van der Waals surface area (Å²) in [7, 11) is 0. The largest absolute Gasteiger partial charge is 0.481 e. The second kappa shape index (κ2) is 6.20. The third kappa shape index (κ3) is 3.37. The van der Waals surface area contributed by atoms with Gasteiger partial charge in [0.25, 0.3) is 0 Å². The molecule has 21 heavy (non-hydrogen) atoms. The summed E-state index contributed by atoms with van der Waals surface area (Å²) >= 11 is 1.66. The lowest BCUT2D eigenvalue weighted by Crippen LogP contribution is -2.35. The van der Waals surface area contributed by atoms with E-state index in [1.165, 1.54) is 0 Å². The van der Waals surface area contributed by atoms with E-state index in [-0.39, 0.29) is 0 Å². The van der Waals surface area contributed by atoms with Crippen LogP contribution in [0.3, 0.4) is 0 Å². The van der Waals surface area contributed by atoms with Crippen molar-refractivity contribution in [3.05, 3.63) is 52.9 Å². The average Bonchev–Trinajstić information content (AvgIpc) is 3.02. The average molecular weight is 300 g/mol. The second-order valence-electron chi connectivity index (χ2n) is 5.13. The number of rotatable bonds is 4. The second-order valence-corrected chi connectivity index (χ2v) is 5.91. The first kappa shape index (κ1) is 14.0. The number of aliphatic carboxylic acids is 1. The number of nitrogens with zero attached hydrogens (tertiary/aromatic N) is 2. The van der Waals surface area contributed by atoms with Gasteiger partial charge in [0.1, 0.15) is 0 Å². The zero-order valence-corrected chi connectivity index (χ0v) is 12.3. The van der Waals surface area contributed by atoms with Crippen LogP contribution in [0.2, 0.25) is 0 Å². The van der Waals surface area contributed by atoms with Crippen LogP contribution in [-0.4, -0.2) is 34.0 Å². The lowest BCUT2D eigenvalue weighted by molar-refractivity contribution is -0.140. The van der Waals surface area contributed by atoms with E-state index in [1.807, 2.05) is 23.7 Å². The van der Waals surface area contributed by atoms with E-state index in [4.69, 9.17) is 5.11 Å². The van der Waals surface area contributed by atoms with Gasteiger partial charge >= 0.3 is 5.97 Å². The van der Waals surface area contributed by atoms with E-state index in [0.29, 0.717) is 6.54 Å². The number of thiophene rings is 1.